The Labute approximate surface area is 105 Å². The molecule has 0 saturated carbocycles. The van der Waals surface area contributed by atoms with Crippen molar-refractivity contribution in [2.75, 3.05) is 6.54 Å². The van der Waals surface area contributed by atoms with E-state index in [1.165, 1.54) is 0 Å². The lowest BCUT2D eigenvalue weighted by Gasteiger charge is -2.10. The highest BCUT2D eigenvalue weighted by Crippen LogP contribution is 2.27. The highest BCUT2D eigenvalue weighted by molar-refractivity contribution is 5.83. The first-order chi connectivity index (χ1) is 8.70. The van der Waals surface area contributed by atoms with Gasteiger partial charge < -0.3 is 15.6 Å². The topological polar surface area (TPSA) is 94.2 Å². The fourth-order valence-corrected chi connectivity index (χ4v) is 1.22. The van der Waals surface area contributed by atoms with Gasteiger partial charge in [-0.15, -0.1) is 0 Å². The summed E-state index contributed by atoms with van der Waals surface area (Å²) < 4.78 is 37.8. The molecule has 9 heteroatoms. The molecule has 104 valence electrons. The standard InChI is InChI=1S/C10H10F3N3O3/c11-10(12,13)6-1-2-9(19)16(4-6)5-8(18)15-3-7(14)17/h1-2,4H,3,5H2,(H2,14,17)(H,15,18). The molecule has 3 N–H and O–H groups in total. The Bertz CT molecular complexity index is 551. The summed E-state index contributed by atoms with van der Waals surface area (Å²) in [6.07, 6.45) is -4.08. The molecule has 6 nitrogen and oxygen atoms in total. The molecule has 0 unspecified atom stereocenters. The number of pyridine rings is 1. The number of carbonyl (C=O) groups is 2. The Morgan fingerprint density at radius 2 is 1.95 bits per heavy atom. The molecule has 0 radical (unpaired) electrons. The Balaban J connectivity index is 2.86. The SMILES string of the molecule is NC(=O)CNC(=O)Cn1cc(C(F)(F)F)ccc1=O. The average Bonchev–Trinajstić information content (AvgIpc) is 2.28. The predicted molar refractivity (Wildman–Crippen MR) is 57.9 cm³/mol. The molecule has 0 fully saturated rings. The van der Waals surface area contributed by atoms with Gasteiger partial charge in [-0.25, -0.2) is 0 Å². The molecule has 1 heterocycles. The van der Waals surface area contributed by atoms with Crippen molar-refractivity contribution in [1.29, 1.82) is 0 Å². The van der Waals surface area contributed by atoms with Crippen LogP contribution in [0.2, 0.25) is 0 Å². The van der Waals surface area contributed by atoms with Gasteiger partial charge in [-0.2, -0.15) is 13.2 Å². The number of rotatable bonds is 4. The molecule has 1 rings (SSSR count). The van der Waals surface area contributed by atoms with Gasteiger partial charge in [-0.05, 0) is 6.07 Å². The summed E-state index contributed by atoms with van der Waals surface area (Å²) in [6, 6.07) is 1.34. The smallest absolute Gasteiger partial charge is 0.368 e. The lowest BCUT2D eigenvalue weighted by molar-refractivity contribution is -0.138. The minimum absolute atomic E-state index is 0.452. The summed E-state index contributed by atoms with van der Waals surface area (Å²) >= 11 is 0. The van der Waals surface area contributed by atoms with Gasteiger partial charge in [0.25, 0.3) is 5.56 Å². The zero-order valence-corrected chi connectivity index (χ0v) is 9.53. The Hall–Kier alpha value is -2.32. The van der Waals surface area contributed by atoms with Crippen LogP contribution in [0.4, 0.5) is 13.2 Å². The van der Waals surface area contributed by atoms with Gasteiger partial charge in [-0.3, -0.25) is 14.4 Å². The molecule has 19 heavy (non-hydrogen) atoms. The number of nitrogens with two attached hydrogens (primary N) is 1. The van der Waals surface area contributed by atoms with Crippen LogP contribution in [0.1, 0.15) is 5.56 Å². The van der Waals surface area contributed by atoms with E-state index in [4.69, 9.17) is 5.73 Å². The summed E-state index contributed by atoms with van der Waals surface area (Å²) in [5.41, 5.74) is 2.97. The molecule has 1 aromatic rings. The Morgan fingerprint density at radius 3 is 2.47 bits per heavy atom. The molecule has 0 spiro atoms. The Kier molecular flexibility index (Phi) is 4.30. The van der Waals surface area contributed by atoms with E-state index in [1.807, 2.05) is 0 Å². The van der Waals surface area contributed by atoms with Crippen LogP contribution in [0, 0.1) is 0 Å². The largest absolute Gasteiger partial charge is 0.417 e. The second kappa shape index (κ2) is 5.55. The van der Waals surface area contributed by atoms with Crippen molar-refractivity contribution in [3.8, 4) is 0 Å². The van der Waals surface area contributed by atoms with Gasteiger partial charge >= 0.3 is 6.18 Å². The maximum atomic E-state index is 12.4. The minimum Gasteiger partial charge on any atom is -0.368 e. The molecule has 0 saturated heterocycles. The summed E-state index contributed by atoms with van der Waals surface area (Å²) in [5, 5.41) is 2.06. The molecule has 0 aliphatic heterocycles. The van der Waals surface area contributed by atoms with Gasteiger partial charge in [0.05, 0.1) is 12.1 Å². The van der Waals surface area contributed by atoms with Crippen molar-refractivity contribution in [3.63, 3.8) is 0 Å². The van der Waals surface area contributed by atoms with Crippen LogP contribution < -0.4 is 16.6 Å². The van der Waals surface area contributed by atoms with Gasteiger partial charge in [0, 0.05) is 12.3 Å². The quantitative estimate of drug-likeness (QED) is 0.774. The first kappa shape index (κ1) is 14.7. The third kappa shape index (κ3) is 4.45. The zero-order chi connectivity index (χ0) is 14.6. The Morgan fingerprint density at radius 1 is 1.32 bits per heavy atom. The monoisotopic (exact) mass is 277 g/mol. The van der Waals surface area contributed by atoms with Crippen molar-refractivity contribution in [2.45, 2.75) is 12.7 Å². The van der Waals surface area contributed by atoms with Gasteiger partial charge in [0.1, 0.15) is 6.54 Å². The number of alkyl halides is 3. The number of carbonyl (C=O) groups excluding carboxylic acids is 2. The van der Waals surface area contributed by atoms with Crippen molar-refractivity contribution >= 4 is 11.8 Å². The number of halogens is 3. The van der Waals surface area contributed by atoms with Crippen LogP contribution in [0.15, 0.2) is 23.1 Å². The highest BCUT2D eigenvalue weighted by atomic mass is 19.4. The maximum Gasteiger partial charge on any atom is 0.417 e. The molecule has 0 aromatic carbocycles. The lowest BCUT2D eigenvalue weighted by atomic mass is 10.3. The fraction of sp³-hybridized carbons (Fsp3) is 0.300. The van der Waals surface area contributed by atoms with E-state index < -0.39 is 42.2 Å². The second-order valence-corrected chi connectivity index (χ2v) is 3.62. The number of hydrogen-bond donors (Lipinski definition) is 2. The number of hydrogen-bond acceptors (Lipinski definition) is 3. The summed E-state index contributed by atoms with van der Waals surface area (Å²) in [7, 11) is 0. The molecular formula is C10H10F3N3O3. The van der Waals surface area contributed by atoms with E-state index in [-0.39, 0.29) is 0 Å². The van der Waals surface area contributed by atoms with E-state index in [0.29, 0.717) is 22.9 Å². The summed E-state index contributed by atoms with van der Waals surface area (Å²) in [5.74, 6) is -1.59. The number of aromatic nitrogens is 1. The normalized spacial score (nSPS) is 11.1. The van der Waals surface area contributed by atoms with E-state index in [0.717, 1.165) is 0 Å². The van der Waals surface area contributed by atoms with Crippen molar-refractivity contribution in [1.82, 2.24) is 9.88 Å². The molecule has 2 amide bonds. The maximum absolute atomic E-state index is 12.4. The molecule has 0 bridgehead atoms. The van der Waals surface area contributed by atoms with Gasteiger partial charge in [-0.1, -0.05) is 0 Å². The fourth-order valence-electron chi connectivity index (χ4n) is 1.22. The molecule has 0 aliphatic rings. The van der Waals surface area contributed by atoms with Gasteiger partial charge in [0.15, 0.2) is 0 Å². The van der Waals surface area contributed by atoms with Gasteiger partial charge in [0.2, 0.25) is 11.8 Å². The van der Waals surface area contributed by atoms with Crippen molar-refractivity contribution < 1.29 is 22.8 Å². The van der Waals surface area contributed by atoms with E-state index in [2.05, 4.69) is 5.32 Å². The van der Waals surface area contributed by atoms with Crippen molar-refractivity contribution in [3.05, 3.63) is 34.2 Å². The number of primary amides is 1. The first-order valence-electron chi connectivity index (χ1n) is 5.03. The van der Waals surface area contributed by atoms with Crippen LogP contribution in [0.5, 0.6) is 0 Å². The van der Waals surface area contributed by atoms with Crippen molar-refractivity contribution in [2.24, 2.45) is 5.73 Å². The molecule has 1 aromatic heterocycles. The third-order valence-electron chi connectivity index (χ3n) is 2.08. The average molecular weight is 277 g/mol. The number of nitrogens with one attached hydrogen (secondary N) is 1. The van der Waals surface area contributed by atoms with E-state index in [9.17, 15) is 27.6 Å². The summed E-state index contributed by atoms with van der Waals surface area (Å²) in [6.45, 7) is -1.08. The second-order valence-electron chi connectivity index (χ2n) is 3.62. The molecule has 0 atom stereocenters. The van der Waals surface area contributed by atoms with Crippen LogP contribution in [-0.4, -0.2) is 22.9 Å². The van der Waals surface area contributed by atoms with E-state index >= 15 is 0 Å². The van der Waals surface area contributed by atoms with E-state index in [1.54, 1.807) is 0 Å². The lowest BCUT2D eigenvalue weighted by Crippen LogP contribution is -2.37. The highest BCUT2D eigenvalue weighted by Gasteiger charge is 2.31. The predicted octanol–water partition coefficient (Wildman–Crippen LogP) is -0.531. The third-order valence-corrected chi connectivity index (χ3v) is 2.08. The van der Waals surface area contributed by atoms with Crippen LogP contribution in [0.3, 0.4) is 0 Å². The van der Waals surface area contributed by atoms with Crippen LogP contribution in [-0.2, 0) is 22.3 Å². The number of nitrogens with zero attached hydrogens (tertiary/aromatic N) is 1. The zero-order valence-electron chi connectivity index (χ0n) is 9.53. The minimum atomic E-state index is -4.61. The van der Waals surface area contributed by atoms with Crippen LogP contribution in [0.25, 0.3) is 0 Å². The van der Waals surface area contributed by atoms with Crippen LogP contribution >= 0.6 is 0 Å². The first-order valence-corrected chi connectivity index (χ1v) is 5.03. The summed E-state index contributed by atoms with van der Waals surface area (Å²) in [4.78, 5) is 33.0. The number of amides is 2. The molecule has 0 aliphatic carbocycles. The molecular weight excluding hydrogens is 267 g/mol.